The molecule has 2 rings (SSSR count). The summed E-state index contributed by atoms with van der Waals surface area (Å²) in [7, 11) is 0. The lowest BCUT2D eigenvalue weighted by molar-refractivity contribution is -0.131. The number of nitrogens with two attached hydrogens (primary N) is 1. The molecule has 0 spiro atoms. The minimum Gasteiger partial charge on any atom is -0.353 e. The summed E-state index contributed by atoms with van der Waals surface area (Å²) in [4.78, 5) is 12.4. The van der Waals surface area contributed by atoms with Crippen molar-refractivity contribution < 1.29 is 4.79 Å². The predicted octanol–water partition coefficient (Wildman–Crippen LogP) is 2.20. The van der Waals surface area contributed by atoms with Gasteiger partial charge >= 0.3 is 0 Å². The molecule has 0 aromatic heterocycles. The highest BCUT2D eigenvalue weighted by Crippen LogP contribution is 2.37. The van der Waals surface area contributed by atoms with Crippen molar-refractivity contribution in [2.24, 2.45) is 17.1 Å². The van der Waals surface area contributed by atoms with Gasteiger partial charge in [-0.25, -0.2) is 0 Å². The summed E-state index contributed by atoms with van der Waals surface area (Å²) in [5.74, 6) is 0.815. The third-order valence-corrected chi connectivity index (χ3v) is 4.98. The lowest BCUT2D eigenvalue weighted by Crippen LogP contribution is -2.52. The molecule has 3 N–H and O–H groups in total. The molecule has 2 saturated carbocycles. The van der Waals surface area contributed by atoms with Crippen molar-refractivity contribution in [1.82, 2.24) is 5.32 Å². The number of carbonyl (C=O) groups excluding carboxylic acids is 1. The number of hydrogen-bond acceptors (Lipinski definition) is 2. The van der Waals surface area contributed by atoms with Crippen molar-refractivity contribution in [3.8, 4) is 0 Å². The van der Waals surface area contributed by atoms with Gasteiger partial charge in [0.05, 0.1) is 5.41 Å². The molecule has 2 fully saturated rings. The zero-order valence-electron chi connectivity index (χ0n) is 11.2. The smallest absolute Gasteiger partial charge is 0.227 e. The van der Waals surface area contributed by atoms with E-state index in [0.717, 1.165) is 25.7 Å². The molecule has 0 bridgehead atoms. The lowest BCUT2D eigenvalue weighted by atomic mass is 9.81. The Morgan fingerprint density at radius 1 is 1.24 bits per heavy atom. The molecule has 3 nitrogen and oxygen atoms in total. The average Bonchev–Trinajstić information content (AvgIpc) is 2.64. The Morgan fingerprint density at radius 3 is 2.53 bits per heavy atom. The number of amides is 1. The molecule has 0 aromatic carbocycles. The molecule has 4 atom stereocenters. The summed E-state index contributed by atoms with van der Waals surface area (Å²) in [6.45, 7) is 4.29. The van der Waals surface area contributed by atoms with Crippen LogP contribution >= 0.6 is 0 Å². The van der Waals surface area contributed by atoms with Gasteiger partial charge in [-0.3, -0.25) is 4.79 Å². The minimum atomic E-state index is -0.322. The van der Waals surface area contributed by atoms with Crippen LogP contribution in [0.4, 0.5) is 0 Å². The van der Waals surface area contributed by atoms with Crippen molar-refractivity contribution in [2.75, 3.05) is 0 Å². The molecule has 2 aliphatic carbocycles. The van der Waals surface area contributed by atoms with Gasteiger partial charge < -0.3 is 11.1 Å². The van der Waals surface area contributed by atoms with Crippen molar-refractivity contribution in [3.05, 3.63) is 0 Å². The van der Waals surface area contributed by atoms with E-state index in [1.807, 2.05) is 6.92 Å². The highest BCUT2D eigenvalue weighted by atomic mass is 16.2. The zero-order valence-corrected chi connectivity index (χ0v) is 11.2. The Morgan fingerprint density at radius 2 is 1.94 bits per heavy atom. The maximum absolute atomic E-state index is 12.4. The first kappa shape index (κ1) is 12.9. The van der Waals surface area contributed by atoms with Gasteiger partial charge in [0.2, 0.25) is 5.91 Å². The van der Waals surface area contributed by atoms with Crippen LogP contribution < -0.4 is 11.1 Å². The van der Waals surface area contributed by atoms with Crippen LogP contribution in [-0.2, 0) is 4.79 Å². The van der Waals surface area contributed by atoms with Gasteiger partial charge in [0.15, 0.2) is 0 Å². The van der Waals surface area contributed by atoms with E-state index in [2.05, 4.69) is 12.2 Å². The van der Waals surface area contributed by atoms with Crippen LogP contribution in [-0.4, -0.2) is 18.0 Å². The van der Waals surface area contributed by atoms with Gasteiger partial charge in [0.25, 0.3) is 0 Å². The van der Waals surface area contributed by atoms with E-state index in [1.165, 1.54) is 19.3 Å². The molecule has 3 heteroatoms. The third kappa shape index (κ3) is 2.49. The first-order valence-electron chi connectivity index (χ1n) is 7.10. The van der Waals surface area contributed by atoms with Gasteiger partial charge in [-0.05, 0) is 38.5 Å². The summed E-state index contributed by atoms with van der Waals surface area (Å²) < 4.78 is 0. The fourth-order valence-corrected chi connectivity index (χ4v) is 3.34. The average molecular weight is 238 g/mol. The highest BCUT2D eigenvalue weighted by Gasteiger charge is 2.43. The Kier molecular flexibility index (Phi) is 3.76. The molecule has 0 heterocycles. The highest BCUT2D eigenvalue weighted by molar-refractivity contribution is 5.83. The quantitative estimate of drug-likeness (QED) is 0.775. The fraction of sp³-hybridized carbons (Fsp3) is 0.929. The molecule has 0 aromatic rings. The van der Waals surface area contributed by atoms with Gasteiger partial charge in [0.1, 0.15) is 0 Å². The van der Waals surface area contributed by atoms with E-state index < -0.39 is 0 Å². The Bertz CT molecular complexity index is 292. The summed E-state index contributed by atoms with van der Waals surface area (Å²) >= 11 is 0. The van der Waals surface area contributed by atoms with E-state index in [4.69, 9.17) is 5.73 Å². The maximum atomic E-state index is 12.4. The second kappa shape index (κ2) is 4.97. The SMILES string of the molecule is CC1CCCCC1NC(=O)C1(C)CCCC1N. The first-order valence-corrected chi connectivity index (χ1v) is 7.10. The van der Waals surface area contributed by atoms with Gasteiger partial charge in [0, 0.05) is 12.1 Å². The standard InChI is InChI=1S/C14H26N2O/c1-10-6-3-4-7-11(10)16-13(17)14(2)9-5-8-12(14)15/h10-12H,3-9,15H2,1-2H3,(H,16,17). The van der Waals surface area contributed by atoms with E-state index in [1.54, 1.807) is 0 Å². The molecular weight excluding hydrogens is 212 g/mol. The fourth-order valence-electron chi connectivity index (χ4n) is 3.34. The molecule has 4 unspecified atom stereocenters. The molecule has 98 valence electrons. The van der Waals surface area contributed by atoms with Gasteiger partial charge in [-0.15, -0.1) is 0 Å². The number of carbonyl (C=O) groups is 1. The largest absolute Gasteiger partial charge is 0.353 e. The van der Waals surface area contributed by atoms with Gasteiger partial charge in [-0.1, -0.05) is 26.2 Å². The minimum absolute atomic E-state index is 0.0430. The molecule has 0 saturated heterocycles. The molecule has 2 aliphatic rings. The first-order chi connectivity index (χ1) is 8.04. The van der Waals surface area contributed by atoms with Crippen LogP contribution in [0.2, 0.25) is 0 Å². The molecular formula is C14H26N2O. The Labute approximate surface area is 105 Å². The monoisotopic (exact) mass is 238 g/mol. The summed E-state index contributed by atoms with van der Waals surface area (Å²) in [5, 5.41) is 3.26. The second-order valence-electron chi connectivity index (χ2n) is 6.26. The maximum Gasteiger partial charge on any atom is 0.227 e. The van der Waals surface area contributed by atoms with Crippen molar-refractivity contribution in [1.29, 1.82) is 0 Å². The molecule has 1 amide bonds. The van der Waals surface area contributed by atoms with Crippen molar-refractivity contribution in [2.45, 2.75) is 70.9 Å². The Balaban J connectivity index is 1.96. The topological polar surface area (TPSA) is 55.1 Å². The van der Waals surface area contributed by atoms with Crippen LogP contribution in [0, 0.1) is 11.3 Å². The van der Waals surface area contributed by atoms with Gasteiger partial charge in [-0.2, -0.15) is 0 Å². The molecule has 17 heavy (non-hydrogen) atoms. The zero-order chi connectivity index (χ0) is 12.5. The molecule has 0 aliphatic heterocycles. The van der Waals surface area contributed by atoms with Crippen LogP contribution in [0.3, 0.4) is 0 Å². The summed E-state index contributed by atoms with van der Waals surface area (Å²) in [5.41, 5.74) is 5.77. The number of nitrogens with one attached hydrogen (secondary N) is 1. The Hall–Kier alpha value is -0.570. The third-order valence-electron chi connectivity index (χ3n) is 4.98. The lowest BCUT2D eigenvalue weighted by Gasteiger charge is -2.34. The summed E-state index contributed by atoms with van der Waals surface area (Å²) in [6, 6.07) is 0.419. The van der Waals surface area contributed by atoms with Crippen LogP contribution in [0.1, 0.15) is 58.8 Å². The van der Waals surface area contributed by atoms with E-state index in [-0.39, 0.29) is 17.4 Å². The number of rotatable bonds is 2. The van der Waals surface area contributed by atoms with Crippen LogP contribution in [0.25, 0.3) is 0 Å². The van der Waals surface area contributed by atoms with Crippen molar-refractivity contribution in [3.63, 3.8) is 0 Å². The predicted molar refractivity (Wildman–Crippen MR) is 69.5 cm³/mol. The normalized spacial score (nSPS) is 42.4. The number of hydrogen-bond donors (Lipinski definition) is 2. The van der Waals surface area contributed by atoms with E-state index >= 15 is 0 Å². The van der Waals surface area contributed by atoms with E-state index in [0.29, 0.717) is 12.0 Å². The van der Waals surface area contributed by atoms with Crippen molar-refractivity contribution >= 4 is 5.91 Å². The van der Waals surface area contributed by atoms with Crippen LogP contribution in [0.15, 0.2) is 0 Å². The second-order valence-corrected chi connectivity index (χ2v) is 6.26. The summed E-state index contributed by atoms with van der Waals surface area (Å²) in [6.07, 6.45) is 7.96. The molecule has 0 radical (unpaired) electrons. The van der Waals surface area contributed by atoms with Crippen LogP contribution in [0.5, 0.6) is 0 Å². The van der Waals surface area contributed by atoms with E-state index in [9.17, 15) is 4.79 Å².